The van der Waals surface area contributed by atoms with Crippen LogP contribution in [0.1, 0.15) is 10.4 Å². The highest BCUT2D eigenvalue weighted by molar-refractivity contribution is 7.17. The number of nitrogens with zero attached hydrogens (tertiary/aromatic N) is 2. The number of thiophene rings is 1. The predicted octanol–water partition coefficient (Wildman–Crippen LogP) is 3.20. The van der Waals surface area contributed by atoms with Gasteiger partial charge < -0.3 is 5.32 Å². The molecule has 2 aromatic rings. The molecule has 0 spiro atoms. The van der Waals surface area contributed by atoms with E-state index < -0.39 is 4.92 Å². The van der Waals surface area contributed by atoms with E-state index in [4.69, 9.17) is 11.6 Å². The molecule has 2 aromatic heterocycles. The molecule has 1 aliphatic rings. The number of hydrogen-bond acceptors (Lipinski definition) is 5. The van der Waals surface area contributed by atoms with Crippen LogP contribution in [0.3, 0.4) is 0 Å². The molecular formula is C12H6ClN3O3S. The molecule has 3 heterocycles. The Labute approximate surface area is 121 Å². The second-order valence-electron chi connectivity index (χ2n) is 4.00. The molecule has 0 aromatic carbocycles. The first kappa shape index (κ1) is 12.8. The fourth-order valence-electron chi connectivity index (χ4n) is 1.85. The maximum atomic E-state index is 11.9. The molecule has 8 heteroatoms. The predicted molar refractivity (Wildman–Crippen MR) is 76.7 cm³/mol. The minimum atomic E-state index is -0.546. The van der Waals surface area contributed by atoms with Crippen LogP contribution in [0.5, 0.6) is 0 Å². The lowest BCUT2D eigenvalue weighted by Crippen LogP contribution is -2.04. The molecule has 1 N–H and O–H groups in total. The number of carbonyl (C=O) groups is 1. The number of pyridine rings is 1. The van der Waals surface area contributed by atoms with Crippen molar-refractivity contribution in [1.82, 2.24) is 4.98 Å². The second-order valence-corrected chi connectivity index (χ2v) is 5.75. The van der Waals surface area contributed by atoms with Gasteiger partial charge in [0, 0.05) is 16.5 Å². The molecule has 100 valence electrons. The Balaban J connectivity index is 2.10. The molecule has 0 aliphatic carbocycles. The number of hydrogen-bond donors (Lipinski definition) is 1. The van der Waals surface area contributed by atoms with E-state index in [0.717, 1.165) is 11.1 Å². The van der Waals surface area contributed by atoms with Crippen LogP contribution in [0.2, 0.25) is 4.34 Å². The molecule has 0 saturated carbocycles. The molecule has 1 aliphatic heterocycles. The minimum Gasteiger partial charge on any atom is -0.306 e. The third-order valence-corrected chi connectivity index (χ3v) is 3.91. The average Bonchev–Trinajstić information content (AvgIpc) is 2.94. The number of nitrogens with one attached hydrogen (secondary N) is 1. The molecule has 0 radical (unpaired) electrons. The van der Waals surface area contributed by atoms with Crippen LogP contribution in [0.15, 0.2) is 24.4 Å². The van der Waals surface area contributed by atoms with Crippen molar-refractivity contribution in [3.63, 3.8) is 0 Å². The summed E-state index contributed by atoms with van der Waals surface area (Å²) in [5, 5.41) is 13.3. The summed E-state index contributed by atoms with van der Waals surface area (Å²) in [5.74, 6) is -0.00739. The molecule has 3 rings (SSSR count). The van der Waals surface area contributed by atoms with Crippen LogP contribution < -0.4 is 5.32 Å². The lowest BCUT2D eigenvalue weighted by Gasteiger charge is -1.97. The van der Waals surface area contributed by atoms with Crippen LogP contribution in [0.25, 0.3) is 11.6 Å². The van der Waals surface area contributed by atoms with Gasteiger partial charge in [0.2, 0.25) is 0 Å². The highest BCUT2D eigenvalue weighted by Crippen LogP contribution is 2.35. The van der Waals surface area contributed by atoms with Crippen molar-refractivity contribution in [3.05, 3.63) is 49.3 Å². The SMILES string of the molecule is O=C1Nc2ncc([N+](=O)[O-])cc2C1=Cc1ccc(Cl)s1. The number of amides is 1. The number of carbonyl (C=O) groups excluding carboxylic acids is 1. The first-order valence-corrected chi connectivity index (χ1v) is 6.67. The van der Waals surface area contributed by atoms with Crippen LogP contribution in [0.4, 0.5) is 11.5 Å². The van der Waals surface area contributed by atoms with Gasteiger partial charge in [0.15, 0.2) is 0 Å². The maximum absolute atomic E-state index is 11.9. The third-order valence-electron chi connectivity index (χ3n) is 2.73. The average molecular weight is 308 g/mol. The van der Waals surface area contributed by atoms with Crippen molar-refractivity contribution in [2.75, 3.05) is 5.32 Å². The first-order valence-electron chi connectivity index (χ1n) is 5.48. The molecule has 1 amide bonds. The highest BCUT2D eigenvalue weighted by Gasteiger charge is 2.27. The van der Waals surface area contributed by atoms with Gasteiger partial charge in [-0.1, -0.05) is 11.6 Å². The van der Waals surface area contributed by atoms with E-state index in [2.05, 4.69) is 10.3 Å². The smallest absolute Gasteiger partial charge is 0.288 e. The van der Waals surface area contributed by atoms with Crippen LogP contribution >= 0.6 is 22.9 Å². The minimum absolute atomic E-state index is 0.157. The van der Waals surface area contributed by atoms with E-state index in [9.17, 15) is 14.9 Å². The number of rotatable bonds is 2. The summed E-state index contributed by atoms with van der Waals surface area (Å²) >= 11 is 7.15. The molecule has 6 nitrogen and oxygen atoms in total. The summed E-state index contributed by atoms with van der Waals surface area (Å²) in [7, 11) is 0. The monoisotopic (exact) mass is 307 g/mol. The Morgan fingerprint density at radius 1 is 1.45 bits per heavy atom. The van der Waals surface area contributed by atoms with Crippen molar-refractivity contribution < 1.29 is 9.72 Å². The largest absolute Gasteiger partial charge is 0.306 e. The third kappa shape index (κ3) is 2.17. The van der Waals surface area contributed by atoms with Crippen molar-refractivity contribution in [2.24, 2.45) is 0 Å². The highest BCUT2D eigenvalue weighted by atomic mass is 35.5. The lowest BCUT2D eigenvalue weighted by atomic mass is 10.1. The summed E-state index contributed by atoms with van der Waals surface area (Å²) in [6.45, 7) is 0. The van der Waals surface area contributed by atoms with Gasteiger partial charge in [-0.15, -0.1) is 11.3 Å². The van der Waals surface area contributed by atoms with Crippen LogP contribution in [-0.2, 0) is 4.79 Å². The molecule has 0 fully saturated rings. The van der Waals surface area contributed by atoms with Gasteiger partial charge in [-0.2, -0.15) is 0 Å². The Hall–Kier alpha value is -2.25. The Morgan fingerprint density at radius 3 is 2.90 bits per heavy atom. The second kappa shape index (κ2) is 4.69. The van der Waals surface area contributed by atoms with Gasteiger partial charge in [-0.3, -0.25) is 14.9 Å². The zero-order valence-electron chi connectivity index (χ0n) is 9.79. The fourth-order valence-corrected chi connectivity index (χ4v) is 2.85. The normalized spacial score (nSPS) is 15.2. The number of halogens is 1. The molecule has 20 heavy (non-hydrogen) atoms. The molecule has 0 unspecified atom stereocenters. The fraction of sp³-hybridized carbons (Fsp3) is 0. The van der Waals surface area contributed by atoms with E-state index in [1.54, 1.807) is 18.2 Å². The standard InChI is InChI=1S/C12H6ClN3O3S/c13-10-2-1-7(20-10)4-9-8-3-6(16(18)19)5-14-11(8)15-12(9)17/h1-5H,(H,14,15,17). The maximum Gasteiger partial charge on any atom is 0.288 e. The van der Waals surface area contributed by atoms with Gasteiger partial charge in [0.05, 0.1) is 14.8 Å². The van der Waals surface area contributed by atoms with Crippen molar-refractivity contribution in [1.29, 1.82) is 0 Å². The number of aromatic nitrogens is 1. The zero-order chi connectivity index (χ0) is 14.3. The quantitative estimate of drug-likeness (QED) is 0.524. The summed E-state index contributed by atoms with van der Waals surface area (Å²) in [6.07, 6.45) is 2.76. The lowest BCUT2D eigenvalue weighted by molar-refractivity contribution is -0.385. The molecular weight excluding hydrogens is 302 g/mol. The summed E-state index contributed by atoms with van der Waals surface area (Å²) < 4.78 is 0.604. The number of anilines is 1. The van der Waals surface area contributed by atoms with E-state index in [1.165, 1.54) is 17.4 Å². The summed E-state index contributed by atoms with van der Waals surface area (Å²) in [5.41, 5.74) is 0.610. The zero-order valence-corrected chi connectivity index (χ0v) is 11.4. The van der Waals surface area contributed by atoms with Gasteiger partial charge in [0.1, 0.15) is 12.0 Å². The Morgan fingerprint density at radius 2 is 2.25 bits per heavy atom. The molecule has 0 atom stereocenters. The molecule has 0 saturated heterocycles. The Kier molecular flexibility index (Phi) is 3.00. The van der Waals surface area contributed by atoms with Crippen molar-refractivity contribution in [3.8, 4) is 0 Å². The van der Waals surface area contributed by atoms with Crippen molar-refractivity contribution >= 4 is 52.0 Å². The van der Waals surface area contributed by atoms with Gasteiger partial charge in [0.25, 0.3) is 11.6 Å². The Bertz CT molecular complexity index is 769. The van der Waals surface area contributed by atoms with Gasteiger partial charge in [-0.05, 0) is 18.2 Å². The summed E-state index contributed by atoms with van der Waals surface area (Å²) in [4.78, 5) is 26.8. The summed E-state index contributed by atoms with van der Waals surface area (Å²) in [6, 6.07) is 4.83. The van der Waals surface area contributed by atoms with E-state index in [0.29, 0.717) is 21.3 Å². The van der Waals surface area contributed by atoms with Crippen LogP contribution in [0, 0.1) is 10.1 Å². The molecule has 0 bridgehead atoms. The first-order chi connectivity index (χ1) is 9.54. The van der Waals surface area contributed by atoms with E-state index >= 15 is 0 Å². The number of fused-ring (bicyclic) bond motifs is 1. The van der Waals surface area contributed by atoms with E-state index in [1.807, 2.05) is 0 Å². The topological polar surface area (TPSA) is 85.1 Å². The number of nitro groups is 1. The van der Waals surface area contributed by atoms with Crippen molar-refractivity contribution in [2.45, 2.75) is 0 Å². The van der Waals surface area contributed by atoms with Gasteiger partial charge in [-0.25, -0.2) is 4.98 Å². The van der Waals surface area contributed by atoms with Gasteiger partial charge >= 0.3 is 0 Å². The van der Waals surface area contributed by atoms with E-state index in [-0.39, 0.29) is 11.6 Å². The van der Waals surface area contributed by atoms with Crippen LogP contribution in [-0.4, -0.2) is 15.8 Å².